The molecule has 0 aliphatic heterocycles. The van der Waals surface area contributed by atoms with E-state index in [1.165, 1.54) is 17.8 Å². The number of rotatable bonds is 10. The molecule has 0 heterocycles. The Kier molecular flexibility index (Phi) is 7.93. The Morgan fingerprint density at radius 3 is 2.23 bits per heavy atom. The predicted octanol–water partition coefficient (Wildman–Crippen LogP) is 3.83. The number of halogens is 1. The van der Waals surface area contributed by atoms with Crippen LogP contribution in [-0.2, 0) is 11.2 Å². The molecule has 1 amide bonds. The molecule has 0 bridgehead atoms. The summed E-state index contributed by atoms with van der Waals surface area (Å²) in [6.07, 6.45) is 1.12. The van der Waals surface area contributed by atoms with Crippen LogP contribution in [0.2, 0.25) is 0 Å². The van der Waals surface area contributed by atoms with Crippen LogP contribution >= 0.6 is 0 Å². The molecule has 4 nitrogen and oxygen atoms in total. The third-order valence-corrected chi connectivity index (χ3v) is 4.33. The Balaban J connectivity index is 1.65. The standard InChI is InChI=1S/C21H28FN3O/c1-3-25(4-2)20-11-9-19(10-12-20)23-16-14-21(26)24-15-13-17-5-7-18(22)8-6-17/h5-12,23H,3-4,13-16H2,1-2H3,(H,24,26). The van der Waals surface area contributed by atoms with E-state index in [4.69, 9.17) is 0 Å². The zero-order valence-corrected chi connectivity index (χ0v) is 15.6. The van der Waals surface area contributed by atoms with Gasteiger partial charge in [-0.05, 0) is 62.2 Å². The van der Waals surface area contributed by atoms with E-state index in [9.17, 15) is 9.18 Å². The van der Waals surface area contributed by atoms with Crippen LogP contribution in [0, 0.1) is 5.82 Å². The minimum Gasteiger partial charge on any atom is -0.385 e. The minimum absolute atomic E-state index is 0.0133. The lowest BCUT2D eigenvalue weighted by molar-refractivity contribution is -0.120. The molecule has 0 atom stereocenters. The number of anilines is 2. The van der Waals surface area contributed by atoms with Crippen molar-refractivity contribution in [2.24, 2.45) is 0 Å². The normalized spacial score (nSPS) is 10.4. The van der Waals surface area contributed by atoms with Crippen molar-refractivity contribution >= 4 is 17.3 Å². The maximum atomic E-state index is 12.8. The van der Waals surface area contributed by atoms with Crippen LogP contribution in [-0.4, -0.2) is 32.1 Å². The van der Waals surface area contributed by atoms with Gasteiger partial charge in [-0.1, -0.05) is 12.1 Å². The molecule has 5 heteroatoms. The first-order chi connectivity index (χ1) is 12.6. The van der Waals surface area contributed by atoms with Gasteiger partial charge in [-0.25, -0.2) is 4.39 Å². The zero-order chi connectivity index (χ0) is 18.8. The van der Waals surface area contributed by atoms with Crippen LogP contribution in [0.3, 0.4) is 0 Å². The first-order valence-electron chi connectivity index (χ1n) is 9.22. The summed E-state index contributed by atoms with van der Waals surface area (Å²) in [5.41, 5.74) is 3.23. The monoisotopic (exact) mass is 357 g/mol. The third kappa shape index (κ3) is 6.39. The molecule has 0 unspecified atom stereocenters. The van der Waals surface area contributed by atoms with Gasteiger partial charge in [0.25, 0.3) is 0 Å². The highest BCUT2D eigenvalue weighted by Gasteiger charge is 2.03. The van der Waals surface area contributed by atoms with Crippen molar-refractivity contribution in [1.29, 1.82) is 0 Å². The first-order valence-corrected chi connectivity index (χ1v) is 9.22. The number of nitrogens with zero attached hydrogens (tertiary/aromatic N) is 1. The first kappa shape index (κ1) is 19.8. The second-order valence-corrected chi connectivity index (χ2v) is 6.12. The van der Waals surface area contributed by atoms with E-state index in [1.807, 2.05) is 12.1 Å². The molecule has 0 saturated carbocycles. The topological polar surface area (TPSA) is 44.4 Å². The number of hydrogen-bond acceptors (Lipinski definition) is 3. The summed E-state index contributed by atoms with van der Waals surface area (Å²) in [6.45, 7) is 7.41. The third-order valence-electron chi connectivity index (χ3n) is 4.33. The van der Waals surface area contributed by atoms with Crippen molar-refractivity contribution < 1.29 is 9.18 Å². The molecule has 2 aromatic carbocycles. The highest BCUT2D eigenvalue weighted by Crippen LogP contribution is 2.17. The summed E-state index contributed by atoms with van der Waals surface area (Å²) in [7, 11) is 0. The van der Waals surface area contributed by atoms with Crippen molar-refractivity contribution in [2.75, 3.05) is 36.4 Å². The van der Waals surface area contributed by atoms with Gasteiger partial charge in [0.1, 0.15) is 5.82 Å². The Morgan fingerprint density at radius 1 is 0.962 bits per heavy atom. The SMILES string of the molecule is CCN(CC)c1ccc(NCCC(=O)NCCc2ccc(F)cc2)cc1. The minimum atomic E-state index is -0.242. The maximum absolute atomic E-state index is 12.8. The second kappa shape index (κ2) is 10.4. The van der Waals surface area contributed by atoms with Crippen LogP contribution in [0.15, 0.2) is 48.5 Å². The number of amides is 1. The van der Waals surface area contributed by atoms with E-state index in [0.717, 1.165) is 24.3 Å². The molecule has 0 aliphatic rings. The molecule has 0 saturated heterocycles. The quantitative estimate of drug-likeness (QED) is 0.679. The molecule has 2 N–H and O–H groups in total. The molecule has 2 rings (SSSR count). The fraction of sp³-hybridized carbons (Fsp3) is 0.381. The number of carbonyl (C=O) groups excluding carboxylic acids is 1. The number of hydrogen-bond donors (Lipinski definition) is 2. The highest BCUT2D eigenvalue weighted by molar-refractivity contribution is 5.76. The number of benzene rings is 2. The van der Waals surface area contributed by atoms with Crippen molar-refractivity contribution in [3.63, 3.8) is 0 Å². The average molecular weight is 357 g/mol. The molecule has 0 radical (unpaired) electrons. The van der Waals surface area contributed by atoms with E-state index in [2.05, 4.69) is 41.5 Å². The lowest BCUT2D eigenvalue weighted by Crippen LogP contribution is -2.27. The fourth-order valence-electron chi connectivity index (χ4n) is 2.78. The van der Waals surface area contributed by atoms with Crippen LogP contribution < -0.4 is 15.5 Å². The van der Waals surface area contributed by atoms with E-state index >= 15 is 0 Å². The molecule has 26 heavy (non-hydrogen) atoms. The molecule has 0 aliphatic carbocycles. The van der Waals surface area contributed by atoms with Gasteiger partial charge in [0.2, 0.25) is 5.91 Å². The van der Waals surface area contributed by atoms with E-state index < -0.39 is 0 Å². The molecule has 0 fully saturated rings. The molecule has 140 valence electrons. The summed E-state index contributed by atoms with van der Waals surface area (Å²) in [4.78, 5) is 14.2. The van der Waals surface area contributed by atoms with E-state index in [-0.39, 0.29) is 11.7 Å². The Labute approximate surface area is 155 Å². The van der Waals surface area contributed by atoms with Gasteiger partial charge in [-0.15, -0.1) is 0 Å². The lowest BCUT2D eigenvalue weighted by atomic mass is 10.1. The van der Waals surface area contributed by atoms with Crippen molar-refractivity contribution in [3.8, 4) is 0 Å². The van der Waals surface area contributed by atoms with Crippen LogP contribution in [0.25, 0.3) is 0 Å². The van der Waals surface area contributed by atoms with Gasteiger partial charge in [0, 0.05) is 44.0 Å². The van der Waals surface area contributed by atoms with Crippen LogP contribution in [0.1, 0.15) is 25.8 Å². The predicted molar refractivity (Wildman–Crippen MR) is 106 cm³/mol. The summed E-state index contributed by atoms with van der Waals surface area (Å²) >= 11 is 0. The Bertz CT molecular complexity index is 667. The summed E-state index contributed by atoms with van der Waals surface area (Å²) in [5, 5.41) is 6.16. The number of nitrogens with one attached hydrogen (secondary N) is 2. The lowest BCUT2D eigenvalue weighted by Gasteiger charge is -2.21. The van der Waals surface area contributed by atoms with Crippen molar-refractivity contribution in [1.82, 2.24) is 5.32 Å². The van der Waals surface area contributed by atoms with Gasteiger partial charge in [0.15, 0.2) is 0 Å². The summed E-state index contributed by atoms with van der Waals surface area (Å²) < 4.78 is 12.8. The Morgan fingerprint density at radius 2 is 1.62 bits per heavy atom. The largest absolute Gasteiger partial charge is 0.385 e. The van der Waals surface area contributed by atoms with Gasteiger partial charge in [0.05, 0.1) is 0 Å². The van der Waals surface area contributed by atoms with Crippen molar-refractivity contribution in [2.45, 2.75) is 26.7 Å². The molecular weight excluding hydrogens is 329 g/mol. The molecular formula is C21H28FN3O. The molecule has 0 spiro atoms. The summed E-state index contributed by atoms with van der Waals surface area (Å²) in [5.74, 6) is -0.228. The summed E-state index contributed by atoms with van der Waals surface area (Å²) in [6, 6.07) is 14.6. The van der Waals surface area contributed by atoms with E-state index in [0.29, 0.717) is 25.9 Å². The average Bonchev–Trinajstić information content (AvgIpc) is 2.65. The zero-order valence-electron chi connectivity index (χ0n) is 15.6. The molecule has 0 aromatic heterocycles. The van der Waals surface area contributed by atoms with Gasteiger partial charge < -0.3 is 15.5 Å². The van der Waals surface area contributed by atoms with Crippen LogP contribution in [0.5, 0.6) is 0 Å². The smallest absolute Gasteiger partial charge is 0.221 e. The second-order valence-electron chi connectivity index (χ2n) is 6.12. The highest BCUT2D eigenvalue weighted by atomic mass is 19.1. The molecule has 2 aromatic rings. The maximum Gasteiger partial charge on any atom is 0.221 e. The van der Waals surface area contributed by atoms with Gasteiger partial charge in [-0.3, -0.25) is 4.79 Å². The van der Waals surface area contributed by atoms with E-state index in [1.54, 1.807) is 12.1 Å². The van der Waals surface area contributed by atoms with Crippen LogP contribution in [0.4, 0.5) is 15.8 Å². The number of carbonyl (C=O) groups is 1. The van der Waals surface area contributed by atoms with Gasteiger partial charge >= 0.3 is 0 Å². The fourth-order valence-corrected chi connectivity index (χ4v) is 2.78. The van der Waals surface area contributed by atoms with Gasteiger partial charge in [-0.2, -0.15) is 0 Å². The Hall–Kier alpha value is -2.56. The van der Waals surface area contributed by atoms with Crippen molar-refractivity contribution in [3.05, 3.63) is 59.9 Å².